The Kier molecular flexibility index (Phi) is 5.60. The van der Waals surface area contributed by atoms with Gasteiger partial charge in [-0.15, -0.1) is 23.2 Å². The Balaban J connectivity index is 2.66. The summed E-state index contributed by atoms with van der Waals surface area (Å²) in [5.74, 6) is 0.0406. The third kappa shape index (κ3) is 4.00. The Hall–Kier alpha value is -0.770. The Morgan fingerprint density at radius 3 is 2.25 bits per heavy atom. The number of carbonyl (C=O) groups is 1. The van der Waals surface area contributed by atoms with Gasteiger partial charge in [0.05, 0.1) is 17.5 Å². The third-order valence-electron chi connectivity index (χ3n) is 1.73. The molecule has 86 valence electrons. The number of alkyl halides is 2. The van der Waals surface area contributed by atoms with Gasteiger partial charge in [0.15, 0.2) is 0 Å². The predicted octanol–water partition coefficient (Wildman–Crippen LogP) is 2.90. The number of hydrogen-bond acceptors (Lipinski definition) is 2. The molecule has 0 atom stereocenters. The smallest absolute Gasteiger partial charge is 0.267 e. The maximum Gasteiger partial charge on any atom is 0.271 e. The van der Waals surface area contributed by atoms with Crippen LogP contribution in [-0.2, 0) is 0 Å². The lowest BCUT2D eigenvalue weighted by molar-refractivity contribution is 0.0955. The Morgan fingerprint density at radius 2 is 1.75 bits per heavy atom. The molecular weight excluding hydrogens is 270 g/mol. The average Bonchev–Trinajstić information content (AvgIpc) is 2.31. The molecule has 1 rings (SSSR count). The first kappa shape index (κ1) is 13.3. The molecule has 1 aromatic rings. The van der Waals surface area contributed by atoms with Crippen molar-refractivity contribution in [2.45, 2.75) is 0 Å². The number of halogens is 3. The number of nitrogens with one attached hydrogen (secondary N) is 1. The van der Waals surface area contributed by atoms with E-state index < -0.39 is 0 Å². The van der Waals surface area contributed by atoms with Crippen LogP contribution in [0.4, 0.5) is 0 Å². The fraction of sp³-hybridized carbons (Fsp3) is 0.200. The quantitative estimate of drug-likeness (QED) is 0.514. The highest BCUT2D eigenvalue weighted by Gasteiger charge is 2.04. The summed E-state index contributed by atoms with van der Waals surface area (Å²) in [6.45, 7) is 0. The van der Waals surface area contributed by atoms with Gasteiger partial charge in [-0.1, -0.05) is 11.6 Å². The zero-order valence-corrected chi connectivity index (χ0v) is 10.5. The van der Waals surface area contributed by atoms with E-state index in [1.807, 2.05) is 0 Å². The van der Waals surface area contributed by atoms with Crippen LogP contribution in [0.2, 0.25) is 5.02 Å². The molecule has 0 aromatic heterocycles. The van der Waals surface area contributed by atoms with E-state index in [9.17, 15) is 4.79 Å². The van der Waals surface area contributed by atoms with E-state index in [0.29, 0.717) is 16.3 Å². The monoisotopic (exact) mass is 278 g/mol. The summed E-state index contributed by atoms with van der Waals surface area (Å²) in [7, 11) is 0. The Labute approximate surface area is 108 Å². The van der Waals surface area contributed by atoms with Crippen molar-refractivity contribution in [3.8, 4) is 0 Å². The minimum Gasteiger partial charge on any atom is -0.267 e. The van der Waals surface area contributed by atoms with Gasteiger partial charge in [-0.25, -0.2) is 5.43 Å². The van der Waals surface area contributed by atoms with Crippen LogP contribution in [0.5, 0.6) is 0 Å². The highest BCUT2D eigenvalue weighted by Crippen LogP contribution is 2.09. The second-order valence-electron chi connectivity index (χ2n) is 2.89. The largest absolute Gasteiger partial charge is 0.271 e. The van der Waals surface area contributed by atoms with E-state index in [1.165, 1.54) is 0 Å². The molecule has 0 unspecified atom stereocenters. The molecule has 1 N–H and O–H groups in total. The van der Waals surface area contributed by atoms with Crippen LogP contribution in [-0.4, -0.2) is 23.4 Å². The molecule has 6 heteroatoms. The van der Waals surface area contributed by atoms with Crippen LogP contribution in [0.1, 0.15) is 10.4 Å². The van der Waals surface area contributed by atoms with Gasteiger partial charge in [-0.2, -0.15) is 5.10 Å². The number of hydrazone groups is 1. The van der Waals surface area contributed by atoms with E-state index in [1.54, 1.807) is 24.3 Å². The van der Waals surface area contributed by atoms with Crippen molar-refractivity contribution in [2.24, 2.45) is 5.10 Å². The molecule has 3 nitrogen and oxygen atoms in total. The summed E-state index contributed by atoms with van der Waals surface area (Å²) in [6.07, 6.45) is 0. The first-order valence-electron chi connectivity index (χ1n) is 4.40. The number of carbonyl (C=O) groups excluding carboxylic acids is 1. The molecule has 0 aliphatic heterocycles. The minimum absolute atomic E-state index is 0.185. The first-order chi connectivity index (χ1) is 7.67. The number of benzene rings is 1. The minimum atomic E-state index is -0.329. The second-order valence-corrected chi connectivity index (χ2v) is 3.86. The summed E-state index contributed by atoms with van der Waals surface area (Å²) in [5, 5.41) is 4.35. The van der Waals surface area contributed by atoms with Gasteiger partial charge in [-0.3, -0.25) is 4.79 Å². The summed E-state index contributed by atoms with van der Waals surface area (Å²) in [6, 6.07) is 6.47. The summed E-state index contributed by atoms with van der Waals surface area (Å²) < 4.78 is 0. The van der Waals surface area contributed by atoms with Gasteiger partial charge in [0, 0.05) is 10.6 Å². The van der Waals surface area contributed by atoms with Gasteiger partial charge < -0.3 is 0 Å². The molecule has 0 heterocycles. The molecule has 0 aliphatic carbocycles. The zero-order chi connectivity index (χ0) is 12.0. The van der Waals surface area contributed by atoms with Crippen LogP contribution >= 0.6 is 34.8 Å². The van der Waals surface area contributed by atoms with Crippen LogP contribution < -0.4 is 5.43 Å². The molecule has 0 saturated carbocycles. The van der Waals surface area contributed by atoms with Crippen LogP contribution in [0, 0.1) is 0 Å². The van der Waals surface area contributed by atoms with Crippen molar-refractivity contribution in [1.29, 1.82) is 0 Å². The van der Waals surface area contributed by atoms with Crippen molar-refractivity contribution in [1.82, 2.24) is 5.43 Å². The highest BCUT2D eigenvalue weighted by atomic mass is 35.5. The molecule has 0 spiro atoms. The SMILES string of the molecule is O=C(NN=C(CCl)CCl)c1ccc(Cl)cc1. The maximum atomic E-state index is 11.5. The Morgan fingerprint density at radius 1 is 1.19 bits per heavy atom. The van der Waals surface area contributed by atoms with Gasteiger partial charge >= 0.3 is 0 Å². The van der Waals surface area contributed by atoms with E-state index in [-0.39, 0.29) is 17.7 Å². The van der Waals surface area contributed by atoms with E-state index in [0.717, 1.165) is 0 Å². The normalized spacial score (nSPS) is 9.69. The van der Waals surface area contributed by atoms with Crippen molar-refractivity contribution >= 4 is 46.4 Å². The summed E-state index contributed by atoms with van der Waals surface area (Å²) >= 11 is 16.8. The van der Waals surface area contributed by atoms with E-state index in [2.05, 4.69) is 10.5 Å². The topological polar surface area (TPSA) is 41.5 Å². The van der Waals surface area contributed by atoms with Gasteiger partial charge in [0.25, 0.3) is 5.91 Å². The zero-order valence-electron chi connectivity index (χ0n) is 8.21. The molecule has 1 aromatic carbocycles. The number of hydrogen-bond donors (Lipinski definition) is 1. The van der Waals surface area contributed by atoms with Crippen LogP contribution in [0.15, 0.2) is 29.4 Å². The molecule has 1 amide bonds. The lowest BCUT2D eigenvalue weighted by atomic mass is 10.2. The lowest BCUT2D eigenvalue weighted by Crippen LogP contribution is -2.20. The molecule has 0 saturated heterocycles. The summed E-state index contributed by atoms with van der Waals surface area (Å²) in [4.78, 5) is 11.5. The van der Waals surface area contributed by atoms with E-state index in [4.69, 9.17) is 34.8 Å². The molecule has 0 bridgehead atoms. The van der Waals surface area contributed by atoms with Crippen LogP contribution in [0.25, 0.3) is 0 Å². The fourth-order valence-corrected chi connectivity index (χ4v) is 1.42. The van der Waals surface area contributed by atoms with Crippen molar-refractivity contribution in [3.63, 3.8) is 0 Å². The second kappa shape index (κ2) is 6.74. The third-order valence-corrected chi connectivity index (χ3v) is 2.60. The molecule has 16 heavy (non-hydrogen) atoms. The van der Waals surface area contributed by atoms with Gasteiger partial charge in [0.1, 0.15) is 0 Å². The van der Waals surface area contributed by atoms with Crippen molar-refractivity contribution in [3.05, 3.63) is 34.9 Å². The number of rotatable bonds is 4. The van der Waals surface area contributed by atoms with Gasteiger partial charge in [-0.05, 0) is 24.3 Å². The lowest BCUT2D eigenvalue weighted by Gasteiger charge is -2.01. The molecule has 0 fully saturated rings. The van der Waals surface area contributed by atoms with Crippen LogP contribution in [0.3, 0.4) is 0 Å². The molecular formula is C10H9Cl3N2O. The first-order valence-corrected chi connectivity index (χ1v) is 5.85. The van der Waals surface area contributed by atoms with Crippen molar-refractivity contribution in [2.75, 3.05) is 11.8 Å². The Bertz CT molecular complexity index is 384. The van der Waals surface area contributed by atoms with Gasteiger partial charge in [0.2, 0.25) is 0 Å². The molecule has 0 aliphatic rings. The highest BCUT2D eigenvalue weighted by molar-refractivity contribution is 6.37. The fourth-order valence-electron chi connectivity index (χ4n) is 0.891. The standard InChI is InChI=1S/C10H9Cl3N2O/c11-5-9(6-12)14-15-10(16)7-1-3-8(13)4-2-7/h1-4H,5-6H2,(H,15,16). The van der Waals surface area contributed by atoms with Crippen molar-refractivity contribution < 1.29 is 4.79 Å². The summed E-state index contributed by atoms with van der Waals surface area (Å²) in [5.41, 5.74) is 3.33. The number of amides is 1. The predicted molar refractivity (Wildman–Crippen MR) is 67.8 cm³/mol. The maximum absolute atomic E-state index is 11.5. The number of nitrogens with zero attached hydrogens (tertiary/aromatic N) is 1. The average molecular weight is 280 g/mol. The van der Waals surface area contributed by atoms with E-state index >= 15 is 0 Å². The molecule has 0 radical (unpaired) electrons.